The van der Waals surface area contributed by atoms with E-state index in [1.165, 1.54) is 6.07 Å². The molecular weight excluding hydrogens is 419 g/mol. The number of amides is 1. The van der Waals surface area contributed by atoms with Gasteiger partial charge in [-0.1, -0.05) is 13.8 Å². The van der Waals surface area contributed by atoms with Crippen molar-refractivity contribution in [2.24, 2.45) is 0 Å². The van der Waals surface area contributed by atoms with Crippen molar-refractivity contribution in [3.63, 3.8) is 0 Å². The average molecular weight is 445 g/mol. The molecule has 1 amide bonds. The molecule has 1 saturated carbocycles. The van der Waals surface area contributed by atoms with Gasteiger partial charge in [-0.3, -0.25) is 4.79 Å². The molecule has 0 bridgehead atoms. The summed E-state index contributed by atoms with van der Waals surface area (Å²) in [6.45, 7) is 4.00. The van der Waals surface area contributed by atoms with Gasteiger partial charge in [0.15, 0.2) is 5.69 Å². The number of benzene rings is 1. The van der Waals surface area contributed by atoms with Gasteiger partial charge in [0, 0.05) is 24.8 Å². The van der Waals surface area contributed by atoms with Crippen LogP contribution in [0.1, 0.15) is 72.8 Å². The second-order valence-corrected chi connectivity index (χ2v) is 8.43. The standard InChI is InChI=1S/C23H26F3N5O/c1-14(2)20-10-11-21(30-29-20)22(32)28-16-5-8-17(9-6-16)31(3)18-7-4-15(13-27)19(12-18)23(24,25)26/h4,7,10-12,14,16-17H,5-6,8-9H2,1-3H3,(H,28,32). The number of nitrogens with one attached hydrogen (secondary N) is 1. The van der Waals surface area contributed by atoms with E-state index in [1.807, 2.05) is 18.7 Å². The number of halogens is 3. The van der Waals surface area contributed by atoms with Gasteiger partial charge in [0.25, 0.3) is 5.91 Å². The Kier molecular flexibility index (Phi) is 7.02. The van der Waals surface area contributed by atoms with E-state index in [0.717, 1.165) is 24.6 Å². The van der Waals surface area contributed by atoms with E-state index in [1.54, 1.807) is 31.3 Å². The van der Waals surface area contributed by atoms with Crippen molar-refractivity contribution in [2.45, 2.75) is 63.7 Å². The Bertz CT molecular complexity index is 990. The Morgan fingerprint density at radius 1 is 1.16 bits per heavy atom. The zero-order valence-electron chi connectivity index (χ0n) is 18.3. The van der Waals surface area contributed by atoms with Crippen LogP contribution in [0.25, 0.3) is 0 Å². The Morgan fingerprint density at radius 2 is 1.84 bits per heavy atom. The van der Waals surface area contributed by atoms with Crippen molar-refractivity contribution in [1.29, 1.82) is 5.26 Å². The first-order chi connectivity index (χ1) is 15.1. The molecule has 1 aliphatic rings. The Hall–Kier alpha value is -3.15. The normalized spacial score (nSPS) is 18.8. The van der Waals surface area contributed by atoms with Gasteiger partial charge in [0.1, 0.15) is 0 Å². The fourth-order valence-electron chi connectivity index (χ4n) is 3.93. The van der Waals surface area contributed by atoms with Crippen LogP contribution in [0.4, 0.5) is 18.9 Å². The SMILES string of the molecule is CC(C)c1ccc(C(=O)NC2CCC(N(C)c3ccc(C#N)c(C(F)(F)F)c3)CC2)nn1. The molecule has 1 N–H and O–H groups in total. The Morgan fingerprint density at radius 3 is 2.38 bits per heavy atom. The van der Waals surface area contributed by atoms with Gasteiger partial charge in [0.2, 0.25) is 0 Å². The minimum Gasteiger partial charge on any atom is -0.372 e. The number of anilines is 1. The summed E-state index contributed by atoms with van der Waals surface area (Å²) >= 11 is 0. The van der Waals surface area contributed by atoms with E-state index >= 15 is 0 Å². The van der Waals surface area contributed by atoms with E-state index < -0.39 is 11.7 Å². The second kappa shape index (κ2) is 9.55. The van der Waals surface area contributed by atoms with E-state index in [4.69, 9.17) is 5.26 Å². The largest absolute Gasteiger partial charge is 0.417 e. The molecule has 0 spiro atoms. The minimum absolute atomic E-state index is 0.0228. The molecule has 1 aliphatic carbocycles. The Balaban J connectivity index is 1.59. The number of nitrogens with zero attached hydrogens (tertiary/aromatic N) is 4. The molecular formula is C23H26F3N5O. The molecule has 2 aromatic rings. The first-order valence-corrected chi connectivity index (χ1v) is 10.6. The molecule has 1 aromatic heterocycles. The Labute approximate surface area is 185 Å². The molecule has 6 nitrogen and oxygen atoms in total. The quantitative estimate of drug-likeness (QED) is 0.723. The number of hydrogen-bond acceptors (Lipinski definition) is 5. The average Bonchev–Trinajstić information content (AvgIpc) is 2.78. The van der Waals surface area contributed by atoms with Gasteiger partial charge in [-0.15, -0.1) is 5.10 Å². The molecule has 1 heterocycles. The van der Waals surface area contributed by atoms with Gasteiger partial charge in [-0.25, -0.2) is 0 Å². The van der Waals surface area contributed by atoms with Crippen LogP contribution in [0.2, 0.25) is 0 Å². The summed E-state index contributed by atoms with van der Waals surface area (Å²) in [6.07, 6.45) is -1.72. The monoisotopic (exact) mass is 445 g/mol. The van der Waals surface area contributed by atoms with Gasteiger partial charge >= 0.3 is 6.18 Å². The molecule has 1 aromatic carbocycles. The van der Waals surface area contributed by atoms with Crippen LogP contribution in [-0.4, -0.2) is 35.2 Å². The summed E-state index contributed by atoms with van der Waals surface area (Å²) in [7, 11) is 1.76. The lowest BCUT2D eigenvalue weighted by Gasteiger charge is -2.36. The van der Waals surface area contributed by atoms with Crippen LogP contribution < -0.4 is 10.2 Å². The smallest absolute Gasteiger partial charge is 0.372 e. The van der Waals surface area contributed by atoms with Crippen LogP contribution in [0, 0.1) is 11.3 Å². The molecule has 32 heavy (non-hydrogen) atoms. The fourth-order valence-corrected chi connectivity index (χ4v) is 3.93. The molecule has 9 heteroatoms. The van der Waals surface area contributed by atoms with E-state index in [2.05, 4.69) is 15.5 Å². The number of alkyl halides is 3. The number of rotatable bonds is 5. The van der Waals surface area contributed by atoms with Gasteiger partial charge in [-0.05, 0) is 61.9 Å². The third-order valence-corrected chi connectivity index (χ3v) is 5.93. The number of carbonyl (C=O) groups is 1. The van der Waals surface area contributed by atoms with E-state index in [9.17, 15) is 18.0 Å². The lowest BCUT2D eigenvalue weighted by molar-refractivity contribution is -0.137. The molecule has 0 radical (unpaired) electrons. The zero-order valence-corrected chi connectivity index (χ0v) is 18.3. The summed E-state index contributed by atoms with van der Waals surface area (Å²) in [4.78, 5) is 14.3. The molecule has 1 fully saturated rings. The van der Waals surface area contributed by atoms with Crippen molar-refractivity contribution in [2.75, 3.05) is 11.9 Å². The summed E-state index contributed by atoms with van der Waals surface area (Å²) in [6, 6.07) is 8.88. The van der Waals surface area contributed by atoms with Crippen molar-refractivity contribution in [3.05, 3.63) is 52.8 Å². The number of nitriles is 1. The lowest BCUT2D eigenvalue weighted by Crippen LogP contribution is -2.43. The highest BCUT2D eigenvalue weighted by atomic mass is 19.4. The molecule has 0 atom stereocenters. The number of carbonyl (C=O) groups excluding carboxylic acids is 1. The molecule has 0 unspecified atom stereocenters. The summed E-state index contributed by atoms with van der Waals surface area (Å²) in [5.74, 6) is -0.0401. The van der Waals surface area contributed by atoms with Crippen LogP contribution >= 0.6 is 0 Å². The minimum atomic E-state index is -4.58. The number of aromatic nitrogens is 2. The molecule has 0 aliphatic heterocycles. The summed E-state index contributed by atoms with van der Waals surface area (Å²) in [5, 5.41) is 20.0. The third kappa shape index (κ3) is 5.36. The van der Waals surface area contributed by atoms with Crippen molar-refractivity contribution in [3.8, 4) is 6.07 Å². The number of hydrogen-bond donors (Lipinski definition) is 1. The molecule has 170 valence electrons. The van der Waals surface area contributed by atoms with Crippen LogP contribution in [0.3, 0.4) is 0 Å². The van der Waals surface area contributed by atoms with Crippen LogP contribution in [0.5, 0.6) is 0 Å². The fraction of sp³-hybridized carbons (Fsp3) is 0.478. The van der Waals surface area contributed by atoms with Crippen LogP contribution in [-0.2, 0) is 6.18 Å². The van der Waals surface area contributed by atoms with Crippen molar-refractivity contribution < 1.29 is 18.0 Å². The predicted molar refractivity (Wildman–Crippen MR) is 114 cm³/mol. The summed E-state index contributed by atoms with van der Waals surface area (Å²) in [5.41, 5.74) is 0.206. The highest BCUT2D eigenvalue weighted by Gasteiger charge is 2.35. The molecule has 3 rings (SSSR count). The maximum atomic E-state index is 13.3. The first-order valence-electron chi connectivity index (χ1n) is 10.6. The maximum Gasteiger partial charge on any atom is 0.417 e. The topological polar surface area (TPSA) is 81.9 Å². The van der Waals surface area contributed by atoms with Crippen molar-refractivity contribution >= 4 is 11.6 Å². The second-order valence-electron chi connectivity index (χ2n) is 8.43. The third-order valence-electron chi connectivity index (χ3n) is 5.93. The lowest BCUT2D eigenvalue weighted by atomic mass is 9.89. The van der Waals surface area contributed by atoms with Crippen LogP contribution in [0.15, 0.2) is 30.3 Å². The first kappa shape index (κ1) is 23.5. The highest BCUT2D eigenvalue weighted by Crippen LogP contribution is 2.35. The maximum absolute atomic E-state index is 13.3. The highest BCUT2D eigenvalue weighted by molar-refractivity contribution is 5.92. The van der Waals surface area contributed by atoms with Gasteiger partial charge < -0.3 is 10.2 Å². The zero-order chi connectivity index (χ0) is 23.5. The van der Waals surface area contributed by atoms with E-state index in [0.29, 0.717) is 18.5 Å². The van der Waals surface area contributed by atoms with Gasteiger partial charge in [0.05, 0.1) is 22.9 Å². The predicted octanol–water partition coefficient (Wildman–Crippen LogP) is 4.67. The summed E-state index contributed by atoms with van der Waals surface area (Å²) < 4.78 is 39.8. The van der Waals surface area contributed by atoms with Crippen molar-refractivity contribution in [1.82, 2.24) is 15.5 Å². The van der Waals surface area contributed by atoms with E-state index in [-0.39, 0.29) is 35.2 Å². The van der Waals surface area contributed by atoms with Gasteiger partial charge in [-0.2, -0.15) is 23.5 Å². The molecule has 0 saturated heterocycles.